The highest BCUT2D eigenvalue weighted by molar-refractivity contribution is 7.08. The maximum atomic E-state index is 12.3. The van der Waals surface area contributed by atoms with E-state index in [1.807, 2.05) is 41.1 Å². The van der Waals surface area contributed by atoms with Gasteiger partial charge in [-0.05, 0) is 41.3 Å². The number of ether oxygens (including phenoxy) is 2. The Bertz CT molecular complexity index is 846. The summed E-state index contributed by atoms with van der Waals surface area (Å²) in [5, 5.41) is 6.91. The van der Waals surface area contributed by atoms with E-state index in [1.54, 1.807) is 37.8 Å². The number of hydrogen-bond donors (Lipinski definition) is 1. The van der Waals surface area contributed by atoms with Gasteiger partial charge in [0.05, 0.1) is 25.5 Å². The zero-order valence-corrected chi connectivity index (χ0v) is 14.8. The van der Waals surface area contributed by atoms with Crippen LogP contribution < -0.4 is 14.8 Å². The lowest BCUT2D eigenvalue weighted by atomic mass is 10.1. The normalized spacial score (nSPS) is 10.3. The highest BCUT2D eigenvalue weighted by atomic mass is 32.1. The van der Waals surface area contributed by atoms with Gasteiger partial charge < -0.3 is 14.8 Å². The van der Waals surface area contributed by atoms with Crippen molar-refractivity contribution in [2.24, 2.45) is 0 Å². The molecule has 5 nitrogen and oxygen atoms in total. The molecule has 3 rings (SSSR count). The molecule has 1 N–H and O–H groups in total. The van der Waals surface area contributed by atoms with E-state index in [4.69, 9.17) is 9.47 Å². The van der Waals surface area contributed by atoms with Gasteiger partial charge in [0.1, 0.15) is 0 Å². The van der Waals surface area contributed by atoms with Gasteiger partial charge in [-0.3, -0.25) is 9.78 Å². The van der Waals surface area contributed by atoms with Crippen LogP contribution in [0.3, 0.4) is 0 Å². The third-order valence-electron chi connectivity index (χ3n) is 3.74. The van der Waals surface area contributed by atoms with Crippen molar-refractivity contribution in [1.29, 1.82) is 0 Å². The Hall–Kier alpha value is -2.86. The fraction of sp³-hybridized carbons (Fsp3) is 0.158. The molecule has 0 aliphatic carbocycles. The number of hydrogen-bond acceptors (Lipinski definition) is 5. The lowest BCUT2D eigenvalue weighted by Gasteiger charge is -2.10. The van der Waals surface area contributed by atoms with Crippen LogP contribution in [0, 0.1) is 0 Å². The zero-order chi connectivity index (χ0) is 17.6. The number of benzene rings is 1. The van der Waals surface area contributed by atoms with E-state index in [2.05, 4.69) is 10.3 Å². The van der Waals surface area contributed by atoms with Gasteiger partial charge in [0.15, 0.2) is 11.5 Å². The van der Waals surface area contributed by atoms with Crippen LogP contribution in [-0.2, 0) is 6.54 Å². The summed E-state index contributed by atoms with van der Waals surface area (Å²) in [6, 6.07) is 11.2. The molecule has 0 unspecified atom stereocenters. The Kier molecular flexibility index (Phi) is 5.30. The second kappa shape index (κ2) is 7.81. The van der Waals surface area contributed by atoms with Crippen LogP contribution in [0.5, 0.6) is 11.5 Å². The minimum absolute atomic E-state index is 0.167. The average molecular weight is 354 g/mol. The molecule has 1 aromatic carbocycles. The molecule has 128 valence electrons. The summed E-state index contributed by atoms with van der Waals surface area (Å²) in [7, 11) is 3.17. The van der Waals surface area contributed by atoms with Crippen LogP contribution in [0.25, 0.3) is 11.3 Å². The topological polar surface area (TPSA) is 60.5 Å². The molecule has 0 aliphatic heterocycles. The monoisotopic (exact) mass is 354 g/mol. The molecular weight excluding hydrogens is 336 g/mol. The molecule has 0 bridgehead atoms. The van der Waals surface area contributed by atoms with Crippen molar-refractivity contribution < 1.29 is 14.3 Å². The van der Waals surface area contributed by atoms with Gasteiger partial charge in [0, 0.05) is 23.7 Å². The Labute approximate surface area is 150 Å². The third kappa shape index (κ3) is 3.97. The Balaban J connectivity index is 1.64. The summed E-state index contributed by atoms with van der Waals surface area (Å²) in [5.41, 5.74) is 3.37. The van der Waals surface area contributed by atoms with Crippen molar-refractivity contribution in [3.8, 4) is 22.8 Å². The highest BCUT2D eigenvalue weighted by Gasteiger charge is 2.09. The van der Waals surface area contributed by atoms with Crippen molar-refractivity contribution in [3.63, 3.8) is 0 Å². The lowest BCUT2D eigenvalue weighted by molar-refractivity contribution is 0.0950. The van der Waals surface area contributed by atoms with Gasteiger partial charge in [-0.1, -0.05) is 6.07 Å². The molecule has 0 aliphatic rings. The number of nitrogens with zero attached hydrogens (tertiary/aromatic N) is 1. The number of rotatable bonds is 6. The first-order valence-electron chi connectivity index (χ1n) is 7.69. The fourth-order valence-corrected chi connectivity index (χ4v) is 3.03. The van der Waals surface area contributed by atoms with E-state index in [9.17, 15) is 4.79 Å². The first-order valence-corrected chi connectivity index (χ1v) is 8.63. The quantitative estimate of drug-likeness (QED) is 0.732. The second-order valence-corrected chi connectivity index (χ2v) is 6.10. The maximum Gasteiger partial charge on any atom is 0.253 e. The van der Waals surface area contributed by atoms with Gasteiger partial charge in [0.25, 0.3) is 5.91 Å². The Morgan fingerprint density at radius 1 is 1.12 bits per heavy atom. The molecule has 2 aromatic heterocycles. The van der Waals surface area contributed by atoms with E-state index >= 15 is 0 Å². The average Bonchev–Trinajstić information content (AvgIpc) is 3.20. The summed E-state index contributed by atoms with van der Waals surface area (Å²) < 4.78 is 10.5. The smallest absolute Gasteiger partial charge is 0.253 e. The third-order valence-corrected chi connectivity index (χ3v) is 4.43. The lowest BCUT2D eigenvalue weighted by Crippen LogP contribution is -2.22. The van der Waals surface area contributed by atoms with Crippen LogP contribution in [-0.4, -0.2) is 25.1 Å². The second-order valence-electron chi connectivity index (χ2n) is 5.32. The van der Waals surface area contributed by atoms with E-state index in [1.165, 1.54) is 0 Å². The van der Waals surface area contributed by atoms with Gasteiger partial charge in [0.2, 0.25) is 0 Å². The number of aromatic nitrogens is 1. The van der Waals surface area contributed by atoms with Crippen molar-refractivity contribution in [2.45, 2.75) is 6.54 Å². The molecule has 6 heteroatoms. The van der Waals surface area contributed by atoms with E-state index in [-0.39, 0.29) is 5.91 Å². The molecule has 0 spiro atoms. The summed E-state index contributed by atoms with van der Waals surface area (Å²) in [6.07, 6.45) is 1.59. The molecule has 3 aromatic rings. The van der Waals surface area contributed by atoms with E-state index < -0.39 is 0 Å². The fourth-order valence-electron chi connectivity index (χ4n) is 2.38. The molecule has 0 atom stereocenters. The van der Waals surface area contributed by atoms with Crippen LogP contribution in [0.15, 0.2) is 53.4 Å². The minimum Gasteiger partial charge on any atom is -0.493 e. The first-order chi connectivity index (χ1) is 12.2. The van der Waals surface area contributed by atoms with Crippen molar-refractivity contribution in [2.75, 3.05) is 14.2 Å². The largest absolute Gasteiger partial charge is 0.493 e. The molecule has 25 heavy (non-hydrogen) atoms. The molecule has 0 saturated carbocycles. The first kappa shape index (κ1) is 17.0. The number of methoxy groups -OCH3 is 2. The minimum atomic E-state index is -0.167. The van der Waals surface area contributed by atoms with E-state index in [0.717, 1.165) is 16.8 Å². The van der Waals surface area contributed by atoms with Gasteiger partial charge >= 0.3 is 0 Å². The van der Waals surface area contributed by atoms with Gasteiger partial charge in [-0.2, -0.15) is 11.3 Å². The highest BCUT2D eigenvalue weighted by Crippen LogP contribution is 2.27. The molecule has 2 heterocycles. The van der Waals surface area contributed by atoms with E-state index in [0.29, 0.717) is 23.6 Å². The van der Waals surface area contributed by atoms with Crippen molar-refractivity contribution in [1.82, 2.24) is 10.3 Å². The number of pyridine rings is 1. The maximum absolute atomic E-state index is 12.3. The predicted molar refractivity (Wildman–Crippen MR) is 98.3 cm³/mol. The molecule has 0 fully saturated rings. The summed E-state index contributed by atoms with van der Waals surface area (Å²) in [4.78, 5) is 16.6. The number of amides is 1. The van der Waals surface area contributed by atoms with Crippen molar-refractivity contribution in [3.05, 3.63) is 64.5 Å². The summed E-state index contributed by atoms with van der Waals surface area (Å²) in [5.74, 6) is 1.13. The van der Waals surface area contributed by atoms with Crippen LogP contribution in [0.2, 0.25) is 0 Å². The number of carbonyl (C=O) groups is 1. The Morgan fingerprint density at radius 3 is 2.60 bits per heavy atom. The molecular formula is C19H18N2O3S. The number of carbonyl (C=O) groups excluding carboxylic acids is 1. The summed E-state index contributed by atoms with van der Waals surface area (Å²) in [6.45, 7) is 0.394. The Morgan fingerprint density at radius 2 is 1.96 bits per heavy atom. The van der Waals surface area contributed by atoms with Gasteiger partial charge in [-0.15, -0.1) is 0 Å². The summed E-state index contributed by atoms with van der Waals surface area (Å²) >= 11 is 1.62. The SMILES string of the molecule is COc1ccc(CNC(=O)c2ccc(-c3ccsc3)nc2)cc1OC. The molecule has 0 saturated heterocycles. The van der Waals surface area contributed by atoms with Crippen LogP contribution >= 0.6 is 11.3 Å². The van der Waals surface area contributed by atoms with Crippen LogP contribution in [0.4, 0.5) is 0 Å². The molecule has 1 amide bonds. The van der Waals surface area contributed by atoms with Crippen molar-refractivity contribution >= 4 is 17.2 Å². The predicted octanol–water partition coefficient (Wildman–Crippen LogP) is 3.76. The number of nitrogens with one attached hydrogen (secondary N) is 1. The van der Waals surface area contributed by atoms with Gasteiger partial charge in [-0.25, -0.2) is 0 Å². The van der Waals surface area contributed by atoms with Crippen LogP contribution in [0.1, 0.15) is 15.9 Å². The standard InChI is InChI=1S/C19H18N2O3S/c1-23-17-6-3-13(9-18(17)24-2)10-21-19(22)14-4-5-16(20-11-14)15-7-8-25-12-15/h3-9,11-12H,10H2,1-2H3,(H,21,22). The number of thiophene rings is 1. The zero-order valence-electron chi connectivity index (χ0n) is 14.0. The molecule has 0 radical (unpaired) electrons.